The Hall–Kier alpha value is -1.76. The number of rotatable bonds is 7. The van der Waals surface area contributed by atoms with E-state index in [1.54, 1.807) is 7.11 Å². The second-order valence-corrected chi connectivity index (χ2v) is 9.74. The van der Waals surface area contributed by atoms with E-state index in [1.165, 1.54) is 9.79 Å². The summed E-state index contributed by atoms with van der Waals surface area (Å²) in [6.45, 7) is 0.992. The van der Waals surface area contributed by atoms with Crippen LogP contribution in [0.2, 0.25) is 0 Å². The number of amides is 1. The predicted octanol–water partition coefficient (Wildman–Crippen LogP) is -0.396. The van der Waals surface area contributed by atoms with Crippen molar-refractivity contribution in [3.8, 4) is 5.75 Å². The summed E-state index contributed by atoms with van der Waals surface area (Å²) < 4.78 is 38.8. The zero-order valence-electron chi connectivity index (χ0n) is 16.9. The van der Waals surface area contributed by atoms with Crippen LogP contribution in [0.3, 0.4) is 0 Å². The molecule has 2 atom stereocenters. The molecule has 0 bridgehead atoms. The van der Waals surface area contributed by atoms with Gasteiger partial charge in [-0.1, -0.05) is 12.1 Å². The minimum atomic E-state index is -3.95. The Labute approximate surface area is 176 Å². The normalized spacial score (nSPS) is 26.3. The van der Waals surface area contributed by atoms with E-state index in [4.69, 9.17) is 14.7 Å². The first-order valence-electron chi connectivity index (χ1n) is 9.92. The number of aliphatic hydroxyl groups is 1. The van der Waals surface area contributed by atoms with Crippen LogP contribution in [0.5, 0.6) is 5.75 Å². The molecule has 10 nitrogen and oxygen atoms in total. The van der Waals surface area contributed by atoms with Gasteiger partial charge < -0.3 is 19.9 Å². The number of nitrogens with one attached hydrogen (secondary N) is 2. The second-order valence-electron chi connectivity index (χ2n) is 7.63. The molecule has 11 heteroatoms. The third-order valence-electron chi connectivity index (χ3n) is 5.75. The van der Waals surface area contributed by atoms with E-state index in [1.807, 2.05) is 24.3 Å². The van der Waals surface area contributed by atoms with Crippen molar-refractivity contribution in [2.75, 3.05) is 33.3 Å². The van der Waals surface area contributed by atoms with Crippen molar-refractivity contribution in [3.63, 3.8) is 0 Å². The van der Waals surface area contributed by atoms with Crippen LogP contribution in [0.1, 0.15) is 24.8 Å². The van der Waals surface area contributed by atoms with Gasteiger partial charge in [0.25, 0.3) is 5.91 Å². The van der Waals surface area contributed by atoms with Crippen LogP contribution in [0, 0.1) is 0 Å². The Morgan fingerprint density at radius 1 is 1.33 bits per heavy atom. The first-order chi connectivity index (χ1) is 14.3. The van der Waals surface area contributed by atoms with Crippen LogP contribution in [-0.2, 0) is 26.2 Å². The van der Waals surface area contributed by atoms with Crippen LogP contribution in [0.15, 0.2) is 24.3 Å². The first kappa shape index (κ1) is 22.9. The van der Waals surface area contributed by atoms with Crippen LogP contribution in [0.25, 0.3) is 0 Å². The van der Waals surface area contributed by atoms with Crippen LogP contribution in [-0.4, -0.2) is 79.2 Å². The highest BCUT2D eigenvalue weighted by molar-refractivity contribution is 7.89. The number of sulfonamides is 1. The van der Waals surface area contributed by atoms with Crippen LogP contribution in [0.4, 0.5) is 0 Å². The summed E-state index contributed by atoms with van der Waals surface area (Å²) in [5, 5.41) is 21.1. The van der Waals surface area contributed by atoms with E-state index in [-0.39, 0.29) is 32.2 Å². The maximum Gasteiger partial charge on any atom is 0.278 e. The monoisotopic (exact) mass is 443 g/mol. The van der Waals surface area contributed by atoms with Crippen molar-refractivity contribution < 1.29 is 33.0 Å². The number of β-amino-alcohol motifs (C(OH)–C–C–N with tert-alkyl or cyclic N) is 1. The van der Waals surface area contributed by atoms with Crippen LogP contribution >= 0.6 is 0 Å². The van der Waals surface area contributed by atoms with Crippen molar-refractivity contribution in [2.24, 2.45) is 0 Å². The fourth-order valence-corrected chi connectivity index (χ4v) is 6.17. The van der Waals surface area contributed by atoms with E-state index >= 15 is 0 Å². The number of hydrogen-bond donors (Lipinski definition) is 4. The molecule has 0 radical (unpaired) electrons. The lowest BCUT2D eigenvalue weighted by Gasteiger charge is -2.41. The molecular weight excluding hydrogens is 414 g/mol. The summed E-state index contributed by atoms with van der Waals surface area (Å²) in [4.78, 5) is 12.0. The molecule has 2 aliphatic rings. The Kier molecular flexibility index (Phi) is 7.32. The fourth-order valence-electron chi connectivity index (χ4n) is 3.99. The number of ether oxygens (including phenoxy) is 2. The van der Waals surface area contributed by atoms with E-state index < -0.39 is 26.8 Å². The third kappa shape index (κ3) is 4.76. The molecule has 4 N–H and O–H groups in total. The zero-order chi connectivity index (χ0) is 21.8. The lowest BCUT2D eigenvalue weighted by Crippen LogP contribution is -2.67. The molecule has 0 saturated carbocycles. The Morgan fingerprint density at radius 3 is 2.73 bits per heavy atom. The second kappa shape index (κ2) is 9.58. The fraction of sp³-hybridized carbons (Fsp3) is 0.632. The van der Waals surface area contributed by atoms with Crippen molar-refractivity contribution in [1.82, 2.24) is 15.1 Å². The average Bonchev–Trinajstić information content (AvgIpc) is 2.77. The SMILES string of the molecule is COc1cccc(COC2CCN(S(=O)(=O)C3CCNCC3(O)C(=O)NO)CC2)c1. The molecule has 2 aliphatic heterocycles. The maximum atomic E-state index is 13.2. The number of hydrogen-bond acceptors (Lipinski definition) is 8. The number of methoxy groups -OCH3 is 1. The highest BCUT2D eigenvalue weighted by Crippen LogP contribution is 2.29. The zero-order valence-corrected chi connectivity index (χ0v) is 17.7. The molecule has 0 aliphatic carbocycles. The molecule has 0 aromatic heterocycles. The van der Waals surface area contributed by atoms with Gasteiger partial charge in [-0.3, -0.25) is 10.0 Å². The molecule has 2 saturated heterocycles. The van der Waals surface area contributed by atoms with E-state index in [2.05, 4.69) is 5.32 Å². The first-order valence-corrected chi connectivity index (χ1v) is 11.4. The number of piperidine rings is 2. The molecule has 1 amide bonds. The number of carbonyl (C=O) groups excluding carboxylic acids is 1. The molecule has 2 unspecified atom stereocenters. The molecule has 1 aromatic carbocycles. The summed E-state index contributed by atoms with van der Waals surface area (Å²) in [5.41, 5.74) is 0.128. The largest absolute Gasteiger partial charge is 0.497 e. The number of hydroxylamine groups is 1. The van der Waals surface area contributed by atoms with Crippen molar-refractivity contribution >= 4 is 15.9 Å². The minimum absolute atomic E-state index is 0.0680. The highest BCUT2D eigenvalue weighted by Gasteiger charge is 2.53. The summed E-state index contributed by atoms with van der Waals surface area (Å²) in [6, 6.07) is 7.57. The molecule has 3 rings (SSSR count). The molecular formula is C19H29N3O7S. The van der Waals surface area contributed by atoms with E-state index in [0.29, 0.717) is 26.0 Å². The molecule has 2 heterocycles. The van der Waals surface area contributed by atoms with Gasteiger partial charge in [0.15, 0.2) is 5.60 Å². The van der Waals surface area contributed by atoms with E-state index in [0.717, 1.165) is 11.3 Å². The van der Waals surface area contributed by atoms with Gasteiger partial charge in [0.05, 0.1) is 19.8 Å². The van der Waals surface area contributed by atoms with Gasteiger partial charge in [-0.05, 0) is 43.5 Å². The maximum absolute atomic E-state index is 13.2. The summed E-state index contributed by atoms with van der Waals surface area (Å²) in [5.74, 6) is -0.377. The molecule has 168 valence electrons. The lowest BCUT2D eigenvalue weighted by atomic mass is 9.93. The summed E-state index contributed by atoms with van der Waals surface area (Å²) in [6.07, 6.45) is 1.01. The quantitative estimate of drug-likeness (QED) is 0.330. The molecule has 30 heavy (non-hydrogen) atoms. The predicted molar refractivity (Wildman–Crippen MR) is 107 cm³/mol. The minimum Gasteiger partial charge on any atom is -0.497 e. The topological polar surface area (TPSA) is 137 Å². The smallest absolute Gasteiger partial charge is 0.278 e. The summed E-state index contributed by atoms with van der Waals surface area (Å²) in [7, 11) is -2.35. The van der Waals surface area contributed by atoms with Crippen molar-refractivity contribution in [2.45, 2.75) is 42.8 Å². The number of nitrogens with zero attached hydrogens (tertiary/aromatic N) is 1. The Morgan fingerprint density at radius 2 is 2.07 bits per heavy atom. The Balaban J connectivity index is 1.59. The van der Waals surface area contributed by atoms with E-state index in [9.17, 15) is 18.3 Å². The van der Waals surface area contributed by atoms with Gasteiger partial charge in [0.1, 0.15) is 11.0 Å². The van der Waals surface area contributed by atoms with Gasteiger partial charge >= 0.3 is 0 Å². The van der Waals surface area contributed by atoms with Crippen LogP contribution < -0.4 is 15.5 Å². The number of benzene rings is 1. The molecule has 1 aromatic rings. The highest BCUT2D eigenvalue weighted by atomic mass is 32.2. The van der Waals surface area contributed by atoms with Crippen molar-refractivity contribution in [3.05, 3.63) is 29.8 Å². The standard InChI is InChI=1S/C19H29N3O7S/c1-28-16-4-2-3-14(11-16)12-29-15-6-9-22(10-7-15)30(26,27)17-5-8-20-13-19(17,24)18(23)21-25/h2-4,11,15,17,20,24-25H,5-10,12-13H2,1H3,(H,21,23). The molecule has 0 spiro atoms. The Bertz CT molecular complexity index is 842. The average molecular weight is 444 g/mol. The lowest BCUT2D eigenvalue weighted by molar-refractivity contribution is -0.150. The third-order valence-corrected chi connectivity index (χ3v) is 8.18. The van der Waals surface area contributed by atoms with Gasteiger partial charge in [-0.25, -0.2) is 18.2 Å². The van der Waals surface area contributed by atoms with Gasteiger partial charge in [0.2, 0.25) is 10.0 Å². The number of carbonyl (C=O) groups is 1. The van der Waals surface area contributed by atoms with Gasteiger partial charge in [-0.2, -0.15) is 0 Å². The van der Waals surface area contributed by atoms with Gasteiger partial charge in [0, 0.05) is 19.6 Å². The summed E-state index contributed by atoms with van der Waals surface area (Å²) >= 11 is 0. The molecule has 2 fully saturated rings. The van der Waals surface area contributed by atoms with Crippen molar-refractivity contribution in [1.29, 1.82) is 0 Å². The van der Waals surface area contributed by atoms with Gasteiger partial charge in [-0.15, -0.1) is 0 Å².